The number of rotatable bonds is 2. The van der Waals surface area contributed by atoms with Gasteiger partial charge in [0, 0.05) is 11.1 Å². The van der Waals surface area contributed by atoms with Crippen molar-refractivity contribution < 1.29 is 9.59 Å². The highest BCUT2D eigenvalue weighted by Crippen LogP contribution is 2.09. The van der Waals surface area contributed by atoms with Crippen molar-refractivity contribution in [3.8, 4) is 6.07 Å². The van der Waals surface area contributed by atoms with E-state index in [1.165, 1.54) is 12.1 Å². The Hall–Kier alpha value is -1.95. The second-order valence-electron chi connectivity index (χ2n) is 2.16. The standard InChI is InChI=1S/C9H5NO2/c10-4-7-2-1-3-8(5-11)9(7)6-12/h1-3,5-6H. The summed E-state index contributed by atoms with van der Waals surface area (Å²) in [4.78, 5) is 20.8. The lowest BCUT2D eigenvalue weighted by molar-refractivity contribution is 0.109. The molecule has 0 heterocycles. The Morgan fingerprint density at radius 1 is 1.25 bits per heavy atom. The fourth-order valence-electron chi connectivity index (χ4n) is 0.915. The summed E-state index contributed by atoms with van der Waals surface area (Å²) in [6, 6.07) is 6.39. The molecule has 0 aromatic heterocycles. The summed E-state index contributed by atoms with van der Waals surface area (Å²) < 4.78 is 0. The molecule has 0 N–H and O–H groups in total. The van der Waals surface area contributed by atoms with Gasteiger partial charge in [-0.1, -0.05) is 12.1 Å². The normalized spacial score (nSPS) is 8.58. The topological polar surface area (TPSA) is 57.9 Å². The van der Waals surface area contributed by atoms with Gasteiger partial charge in [-0.25, -0.2) is 0 Å². The lowest BCUT2D eigenvalue weighted by Crippen LogP contribution is -1.94. The molecule has 1 rings (SSSR count). The van der Waals surface area contributed by atoms with Gasteiger partial charge in [-0.05, 0) is 6.07 Å². The monoisotopic (exact) mass is 159 g/mol. The van der Waals surface area contributed by atoms with Crippen molar-refractivity contribution in [1.82, 2.24) is 0 Å². The molecule has 3 nitrogen and oxygen atoms in total. The summed E-state index contributed by atoms with van der Waals surface area (Å²) in [5, 5.41) is 8.54. The van der Waals surface area contributed by atoms with Crippen LogP contribution in [0.1, 0.15) is 26.3 Å². The molecule has 0 aliphatic carbocycles. The largest absolute Gasteiger partial charge is 0.298 e. The summed E-state index contributed by atoms with van der Waals surface area (Å²) in [6.07, 6.45) is 1.08. The van der Waals surface area contributed by atoms with Gasteiger partial charge in [-0.2, -0.15) is 5.26 Å². The Morgan fingerprint density at radius 2 is 2.00 bits per heavy atom. The highest BCUT2D eigenvalue weighted by atomic mass is 16.1. The number of nitriles is 1. The third-order valence-electron chi connectivity index (χ3n) is 1.51. The highest BCUT2D eigenvalue weighted by molar-refractivity contribution is 5.92. The molecule has 12 heavy (non-hydrogen) atoms. The molecule has 0 aliphatic heterocycles. The molecule has 1 aromatic rings. The Morgan fingerprint density at radius 3 is 2.50 bits per heavy atom. The predicted molar refractivity (Wildman–Crippen MR) is 41.9 cm³/mol. The third-order valence-corrected chi connectivity index (χ3v) is 1.51. The SMILES string of the molecule is N#Cc1cccc(C=O)c1C=O. The molecule has 3 heteroatoms. The van der Waals surface area contributed by atoms with Crippen molar-refractivity contribution in [1.29, 1.82) is 5.26 Å². The van der Waals surface area contributed by atoms with Crippen molar-refractivity contribution in [2.45, 2.75) is 0 Å². The Kier molecular flexibility index (Phi) is 2.34. The van der Waals surface area contributed by atoms with E-state index in [-0.39, 0.29) is 16.7 Å². The van der Waals surface area contributed by atoms with Gasteiger partial charge in [-0.15, -0.1) is 0 Å². The summed E-state index contributed by atoms with van der Waals surface area (Å²) in [5.74, 6) is 0. The maximum atomic E-state index is 10.5. The fraction of sp³-hybridized carbons (Fsp3) is 0. The lowest BCUT2D eigenvalue weighted by atomic mass is 10.0. The first-order valence-corrected chi connectivity index (χ1v) is 3.27. The number of carbonyl (C=O) groups is 2. The minimum atomic E-state index is 0.162. The van der Waals surface area contributed by atoms with Crippen molar-refractivity contribution in [2.24, 2.45) is 0 Å². The smallest absolute Gasteiger partial charge is 0.152 e. The van der Waals surface area contributed by atoms with Crippen LogP contribution >= 0.6 is 0 Å². The third kappa shape index (κ3) is 1.23. The number of nitrogens with zero attached hydrogens (tertiary/aromatic N) is 1. The zero-order valence-corrected chi connectivity index (χ0v) is 6.15. The molecule has 0 saturated heterocycles. The van der Waals surface area contributed by atoms with Crippen LogP contribution in [0.5, 0.6) is 0 Å². The highest BCUT2D eigenvalue weighted by Gasteiger charge is 2.04. The van der Waals surface area contributed by atoms with Gasteiger partial charge >= 0.3 is 0 Å². The van der Waals surface area contributed by atoms with Gasteiger partial charge in [0.1, 0.15) is 0 Å². The van der Waals surface area contributed by atoms with Crippen LogP contribution in [0.4, 0.5) is 0 Å². The fourth-order valence-corrected chi connectivity index (χ4v) is 0.915. The number of benzene rings is 1. The van der Waals surface area contributed by atoms with Crippen LogP contribution in [-0.2, 0) is 0 Å². The van der Waals surface area contributed by atoms with Crippen LogP contribution in [0.15, 0.2) is 18.2 Å². The molecule has 0 amide bonds. The van der Waals surface area contributed by atoms with Gasteiger partial charge < -0.3 is 0 Å². The van der Waals surface area contributed by atoms with Crippen LogP contribution in [0.25, 0.3) is 0 Å². The van der Waals surface area contributed by atoms with Crippen LogP contribution < -0.4 is 0 Å². The quantitative estimate of drug-likeness (QED) is 0.609. The van der Waals surface area contributed by atoms with E-state index in [1.807, 2.05) is 6.07 Å². The summed E-state index contributed by atoms with van der Waals surface area (Å²) in [5.41, 5.74) is 0.647. The molecule has 0 unspecified atom stereocenters. The van der Waals surface area contributed by atoms with Crippen LogP contribution in [0.2, 0.25) is 0 Å². The molecule has 1 aromatic carbocycles. The number of hydrogen-bond acceptors (Lipinski definition) is 3. The maximum absolute atomic E-state index is 10.5. The van der Waals surface area contributed by atoms with Crippen LogP contribution in [0, 0.1) is 11.3 Å². The molecular weight excluding hydrogens is 154 g/mol. The Labute approximate surface area is 69.2 Å². The second-order valence-corrected chi connectivity index (χ2v) is 2.16. The first kappa shape index (κ1) is 8.15. The molecule has 0 radical (unpaired) electrons. The minimum absolute atomic E-state index is 0.162. The van der Waals surface area contributed by atoms with E-state index in [0.717, 1.165) is 0 Å². The number of carbonyl (C=O) groups excluding carboxylic acids is 2. The van der Waals surface area contributed by atoms with E-state index in [1.54, 1.807) is 6.07 Å². The summed E-state index contributed by atoms with van der Waals surface area (Å²) in [6.45, 7) is 0. The van der Waals surface area contributed by atoms with Crippen LogP contribution in [0.3, 0.4) is 0 Å². The molecule has 58 valence electrons. The molecular formula is C9H5NO2. The van der Waals surface area contributed by atoms with Crippen molar-refractivity contribution >= 4 is 12.6 Å². The van der Waals surface area contributed by atoms with Gasteiger partial charge in [0.05, 0.1) is 11.6 Å². The van der Waals surface area contributed by atoms with Crippen molar-refractivity contribution in [2.75, 3.05) is 0 Å². The van der Waals surface area contributed by atoms with Crippen molar-refractivity contribution in [3.63, 3.8) is 0 Å². The van der Waals surface area contributed by atoms with Crippen molar-refractivity contribution in [3.05, 3.63) is 34.9 Å². The molecule has 0 aliphatic rings. The predicted octanol–water partition coefficient (Wildman–Crippen LogP) is 1.18. The molecule has 0 fully saturated rings. The van der Waals surface area contributed by atoms with Gasteiger partial charge in [0.15, 0.2) is 12.6 Å². The van der Waals surface area contributed by atoms with E-state index in [4.69, 9.17) is 5.26 Å². The average Bonchev–Trinajstić information content (AvgIpc) is 2.16. The molecule has 0 bridgehead atoms. The number of aldehydes is 2. The van der Waals surface area contributed by atoms with Gasteiger partial charge in [0.25, 0.3) is 0 Å². The first-order chi connectivity index (χ1) is 5.83. The van der Waals surface area contributed by atoms with E-state index >= 15 is 0 Å². The van der Waals surface area contributed by atoms with Gasteiger partial charge in [0.2, 0.25) is 0 Å². The zero-order valence-electron chi connectivity index (χ0n) is 6.15. The Bertz CT molecular complexity index is 363. The molecule has 0 spiro atoms. The minimum Gasteiger partial charge on any atom is -0.298 e. The molecule has 0 saturated carbocycles. The zero-order chi connectivity index (χ0) is 8.97. The van der Waals surface area contributed by atoms with E-state index in [9.17, 15) is 9.59 Å². The number of hydrogen-bond donors (Lipinski definition) is 0. The van der Waals surface area contributed by atoms with E-state index in [2.05, 4.69) is 0 Å². The summed E-state index contributed by atoms with van der Waals surface area (Å²) >= 11 is 0. The van der Waals surface area contributed by atoms with E-state index < -0.39 is 0 Å². The van der Waals surface area contributed by atoms with Crippen LogP contribution in [-0.4, -0.2) is 12.6 Å². The lowest BCUT2D eigenvalue weighted by Gasteiger charge is -1.96. The van der Waals surface area contributed by atoms with E-state index in [0.29, 0.717) is 12.6 Å². The first-order valence-electron chi connectivity index (χ1n) is 3.27. The summed E-state index contributed by atoms with van der Waals surface area (Å²) in [7, 11) is 0. The Balaban J connectivity index is 3.44. The second kappa shape index (κ2) is 3.44. The van der Waals surface area contributed by atoms with Gasteiger partial charge in [-0.3, -0.25) is 9.59 Å². The average molecular weight is 159 g/mol. The maximum Gasteiger partial charge on any atom is 0.152 e. The molecule has 0 atom stereocenters.